The van der Waals surface area contributed by atoms with Gasteiger partial charge in [-0.25, -0.2) is 8.42 Å². The standard InChI is InChI=1S/C26H29N3O4S/c1-20-7-13-25(14-8-20)34(31,32)28(2)23-11-9-22(10-12-23)26(30)29(19-24-6-4-16-33-24)18-21-5-3-15-27-17-21/h3,5,7-15,17,24H,4,6,16,18-19H2,1-2H3. The van der Waals surface area contributed by atoms with Crippen LogP contribution in [0.25, 0.3) is 0 Å². The molecule has 0 radical (unpaired) electrons. The fraction of sp³-hybridized carbons (Fsp3) is 0.308. The van der Waals surface area contributed by atoms with Gasteiger partial charge in [0.1, 0.15) is 0 Å². The maximum atomic E-state index is 13.4. The Balaban J connectivity index is 1.53. The predicted molar refractivity (Wildman–Crippen MR) is 131 cm³/mol. The van der Waals surface area contributed by atoms with Crippen LogP contribution in [0.2, 0.25) is 0 Å². The zero-order valence-corrected chi connectivity index (χ0v) is 20.2. The number of pyridine rings is 1. The molecule has 8 heteroatoms. The quantitative estimate of drug-likeness (QED) is 0.487. The van der Waals surface area contributed by atoms with E-state index in [-0.39, 0.29) is 16.9 Å². The fourth-order valence-electron chi connectivity index (χ4n) is 3.97. The van der Waals surface area contributed by atoms with Crippen molar-refractivity contribution in [3.63, 3.8) is 0 Å². The Labute approximate surface area is 201 Å². The first-order chi connectivity index (χ1) is 16.3. The summed E-state index contributed by atoms with van der Waals surface area (Å²) in [5.41, 5.74) is 2.90. The molecule has 2 heterocycles. The summed E-state index contributed by atoms with van der Waals surface area (Å²) in [6.45, 7) is 3.55. The van der Waals surface area contributed by atoms with E-state index in [1.54, 1.807) is 65.8 Å². The highest BCUT2D eigenvalue weighted by Crippen LogP contribution is 2.24. The van der Waals surface area contributed by atoms with Crippen LogP contribution in [0.15, 0.2) is 78.0 Å². The Bertz CT molecular complexity index is 1210. The summed E-state index contributed by atoms with van der Waals surface area (Å²) in [6, 6.07) is 17.2. The average Bonchev–Trinajstić information content (AvgIpc) is 3.37. The Morgan fingerprint density at radius 2 is 1.82 bits per heavy atom. The van der Waals surface area contributed by atoms with Crippen LogP contribution in [-0.2, 0) is 21.3 Å². The van der Waals surface area contributed by atoms with Crippen LogP contribution in [-0.4, -0.2) is 50.5 Å². The van der Waals surface area contributed by atoms with Gasteiger partial charge in [0.2, 0.25) is 0 Å². The lowest BCUT2D eigenvalue weighted by Gasteiger charge is -2.26. The summed E-state index contributed by atoms with van der Waals surface area (Å²) < 4.78 is 33.0. The second-order valence-corrected chi connectivity index (χ2v) is 10.5. The van der Waals surface area contributed by atoms with Crippen molar-refractivity contribution in [2.24, 2.45) is 0 Å². The molecule has 3 aromatic rings. The molecule has 4 rings (SSSR count). The molecule has 0 bridgehead atoms. The Morgan fingerprint density at radius 3 is 2.44 bits per heavy atom. The highest BCUT2D eigenvalue weighted by Gasteiger charge is 2.25. The number of carbonyl (C=O) groups excluding carboxylic acids is 1. The van der Waals surface area contributed by atoms with Crippen molar-refractivity contribution >= 4 is 21.6 Å². The molecule has 0 spiro atoms. The third-order valence-electron chi connectivity index (χ3n) is 5.99. The van der Waals surface area contributed by atoms with Crippen molar-refractivity contribution in [2.75, 3.05) is 24.5 Å². The van der Waals surface area contributed by atoms with Crippen molar-refractivity contribution in [1.82, 2.24) is 9.88 Å². The van der Waals surface area contributed by atoms with E-state index in [0.717, 1.165) is 30.6 Å². The molecule has 1 unspecified atom stereocenters. The number of hydrogen-bond acceptors (Lipinski definition) is 5. The third-order valence-corrected chi connectivity index (χ3v) is 7.79. The van der Waals surface area contributed by atoms with Crippen LogP contribution in [0.1, 0.15) is 34.3 Å². The molecule has 0 N–H and O–H groups in total. The van der Waals surface area contributed by atoms with E-state index in [4.69, 9.17) is 4.74 Å². The van der Waals surface area contributed by atoms with E-state index in [1.807, 2.05) is 19.1 Å². The molecule has 7 nitrogen and oxygen atoms in total. The van der Waals surface area contributed by atoms with Gasteiger partial charge in [0.15, 0.2) is 0 Å². The maximum absolute atomic E-state index is 13.4. The van der Waals surface area contributed by atoms with Gasteiger partial charge in [-0.1, -0.05) is 23.8 Å². The first-order valence-corrected chi connectivity index (χ1v) is 12.7. The van der Waals surface area contributed by atoms with Crippen molar-refractivity contribution < 1.29 is 17.9 Å². The second-order valence-electron chi connectivity index (χ2n) is 8.51. The summed E-state index contributed by atoms with van der Waals surface area (Å²) in [7, 11) is -2.19. The van der Waals surface area contributed by atoms with Crippen molar-refractivity contribution in [3.05, 3.63) is 89.7 Å². The zero-order valence-electron chi connectivity index (χ0n) is 19.4. The van der Waals surface area contributed by atoms with E-state index in [0.29, 0.717) is 24.3 Å². The summed E-state index contributed by atoms with van der Waals surface area (Å²) >= 11 is 0. The number of hydrogen-bond donors (Lipinski definition) is 0. The van der Waals surface area contributed by atoms with E-state index in [9.17, 15) is 13.2 Å². The van der Waals surface area contributed by atoms with Gasteiger partial charge in [0.05, 0.1) is 16.7 Å². The lowest BCUT2D eigenvalue weighted by Crippen LogP contribution is -2.37. The molecule has 1 atom stereocenters. The van der Waals surface area contributed by atoms with Crippen molar-refractivity contribution in [3.8, 4) is 0 Å². The minimum Gasteiger partial charge on any atom is -0.376 e. The van der Waals surface area contributed by atoms with Gasteiger partial charge in [-0.2, -0.15) is 0 Å². The lowest BCUT2D eigenvalue weighted by atomic mass is 10.1. The fourth-order valence-corrected chi connectivity index (χ4v) is 5.16. The smallest absolute Gasteiger partial charge is 0.264 e. The number of amides is 1. The van der Waals surface area contributed by atoms with E-state index >= 15 is 0 Å². The number of ether oxygens (including phenoxy) is 1. The largest absolute Gasteiger partial charge is 0.376 e. The average molecular weight is 480 g/mol. The maximum Gasteiger partial charge on any atom is 0.264 e. The number of aryl methyl sites for hydroxylation is 1. The Hall–Kier alpha value is -3.23. The molecule has 1 amide bonds. The SMILES string of the molecule is Cc1ccc(S(=O)(=O)N(C)c2ccc(C(=O)N(Cc3cccnc3)CC3CCCO3)cc2)cc1. The Kier molecular flexibility index (Phi) is 7.29. The van der Waals surface area contributed by atoms with Crippen LogP contribution in [0, 0.1) is 6.92 Å². The van der Waals surface area contributed by atoms with Gasteiger partial charge in [-0.15, -0.1) is 0 Å². The number of nitrogens with zero attached hydrogens (tertiary/aromatic N) is 3. The first-order valence-electron chi connectivity index (χ1n) is 11.3. The molecule has 1 fully saturated rings. The van der Waals surface area contributed by atoms with Gasteiger partial charge < -0.3 is 9.64 Å². The van der Waals surface area contributed by atoms with Crippen LogP contribution in [0.3, 0.4) is 0 Å². The van der Waals surface area contributed by atoms with Gasteiger partial charge in [0.25, 0.3) is 15.9 Å². The van der Waals surface area contributed by atoms with E-state index < -0.39 is 10.0 Å². The number of rotatable bonds is 8. The van der Waals surface area contributed by atoms with Crippen LogP contribution in [0.4, 0.5) is 5.69 Å². The molecular weight excluding hydrogens is 450 g/mol. The number of aromatic nitrogens is 1. The van der Waals surface area contributed by atoms with Gasteiger partial charge in [0, 0.05) is 44.7 Å². The summed E-state index contributed by atoms with van der Waals surface area (Å²) in [6.07, 6.45) is 5.40. The molecule has 0 saturated carbocycles. The molecule has 2 aromatic carbocycles. The molecular formula is C26H29N3O4S. The molecule has 1 aliphatic heterocycles. The van der Waals surface area contributed by atoms with Crippen molar-refractivity contribution in [2.45, 2.75) is 37.3 Å². The number of carbonyl (C=O) groups is 1. The number of benzene rings is 2. The monoisotopic (exact) mass is 479 g/mol. The number of sulfonamides is 1. The first kappa shape index (κ1) is 23.9. The minimum atomic E-state index is -3.70. The molecule has 1 aliphatic rings. The summed E-state index contributed by atoms with van der Waals surface area (Å²) in [5, 5.41) is 0. The van der Waals surface area contributed by atoms with E-state index in [2.05, 4.69) is 4.98 Å². The minimum absolute atomic E-state index is 0.0191. The summed E-state index contributed by atoms with van der Waals surface area (Å²) in [5.74, 6) is -0.130. The topological polar surface area (TPSA) is 79.8 Å². The summed E-state index contributed by atoms with van der Waals surface area (Å²) in [4.78, 5) is 19.5. The highest BCUT2D eigenvalue weighted by molar-refractivity contribution is 7.92. The second kappa shape index (κ2) is 10.4. The van der Waals surface area contributed by atoms with E-state index in [1.165, 1.54) is 11.4 Å². The molecule has 1 aromatic heterocycles. The van der Waals surface area contributed by atoms with Crippen LogP contribution in [0.5, 0.6) is 0 Å². The van der Waals surface area contributed by atoms with Crippen LogP contribution < -0.4 is 4.31 Å². The van der Waals surface area contributed by atoms with Crippen LogP contribution >= 0.6 is 0 Å². The van der Waals surface area contributed by atoms with Gasteiger partial charge in [-0.05, 0) is 67.8 Å². The highest BCUT2D eigenvalue weighted by atomic mass is 32.2. The number of anilines is 1. The molecule has 0 aliphatic carbocycles. The normalized spacial score (nSPS) is 15.8. The lowest BCUT2D eigenvalue weighted by molar-refractivity contribution is 0.0507. The predicted octanol–water partition coefficient (Wildman–Crippen LogP) is 4.04. The zero-order chi connectivity index (χ0) is 24.1. The molecule has 1 saturated heterocycles. The van der Waals surface area contributed by atoms with Gasteiger partial charge in [-0.3, -0.25) is 14.1 Å². The molecule has 178 valence electrons. The molecule has 34 heavy (non-hydrogen) atoms. The van der Waals surface area contributed by atoms with Crippen molar-refractivity contribution in [1.29, 1.82) is 0 Å². The van der Waals surface area contributed by atoms with Gasteiger partial charge >= 0.3 is 0 Å². The Morgan fingerprint density at radius 1 is 1.09 bits per heavy atom. The third kappa shape index (κ3) is 5.46.